The Morgan fingerprint density at radius 2 is 1.94 bits per heavy atom. The standard InChI is InChI=1S/C13H11FO2/c14-13(12(15)16)9-5-4-8-11(13)10-6-2-1-3-7-10/h1-9,11H,(H,15,16). The molecule has 0 saturated carbocycles. The second-order valence-corrected chi connectivity index (χ2v) is 3.71. The lowest BCUT2D eigenvalue weighted by atomic mass is 9.80. The molecule has 0 amide bonds. The van der Waals surface area contributed by atoms with Crippen LogP contribution < -0.4 is 0 Å². The van der Waals surface area contributed by atoms with Gasteiger partial charge in [-0.2, -0.15) is 0 Å². The van der Waals surface area contributed by atoms with Crippen molar-refractivity contribution < 1.29 is 14.3 Å². The maximum Gasteiger partial charge on any atom is 0.346 e. The minimum Gasteiger partial charge on any atom is -0.479 e. The summed E-state index contributed by atoms with van der Waals surface area (Å²) >= 11 is 0. The highest BCUT2D eigenvalue weighted by atomic mass is 19.1. The molecule has 3 heteroatoms. The smallest absolute Gasteiger partial charge is 0.346 e. The Hall–Kier alpha value is -1.90. The monoisotopic (exact) mass is 218 g/mol. The van der Waals surface area contributed by atoms with Crippen molar-refractivity contribution in [2.24, 2.45) is 0 Å². The summed E-state index contributed by atoms with van der Waals surface area (Å²) in [5.74, 6) is -2.22. The van der Waals surface area contributed by atoms with Crippen LogP contribution in [0.15, 0.2) is 54.6 Å². The van der Waals surface area contributed by atoms with Crippen LogP contribution in [0.3, 0.4) is 0 Å². The zero-order chi connectivity index (χ0) is 11.6. The second kappa shape index (κ2) is 3.93. The van der Waals surface area contributed by atoms with Crippen LogP contribution in [0.25, 0.3) is 0 Å². The van der Waals surface area contributed by atoms with E-state index in [-0.39, 0.29) is 0 Å². The number of alkyl halides is 1. The van der Waals surface area contributed by atoms with Gasteiger partial charge in [-0.25, -0.2) is 9.18 Å². The molecule has 0 aromatic heterocycles. The van der Waals surface area contributed by atoms with Gasteiger partial charge in [-0.1, -0.05) is 48.6 Å². The summed E-state index contributed by atoms with van der Waals surface area (Å²) in [4.78, 5) is 11.0. The number of halogens is 1. The van der Waals surface area contributed by atoms with Gasteiger partial charge in [0, 0.05) is 0 Å². The van der Waals surface area contributed by atoms with Crippen molar-refractivity contribution in [3.8, 4) is 0 Å². The van der Waals surface area contributed by atoms with Crippen molar-refractivity contribution in [1.82, 2.24) is 0 Å². The molecule has 2 unspecified atom stereocenters. The third kappa shape index (κ3) is 1.65. The number of hydrogen-bond donors (Lipinski definition) is 1. The van der Waals surface area contributed by atoms with Crippen LogP contribution >= 0.6 is 0 Å². The van der Waals surface area contributed by atoms with Gasteiger partial charge in [0.25, 0.3) is 0 Å². The fourth-order valence-corrected chi connectivity index (χ4v) is 1.83. The summed E-state index contributed by atoms with van der Waals surface area (Å²) in [6, 6.07) is 8.80. The van der Waals surface area contributed by atoms with E-state index in [0.717, 1.165) is 6.08 Å². The molecule has 1 N–H and O–H groups in total. The lowest BCUT2D eigenvalue weighted by Gasteiger charge is -2.27. The zero-order valence-electron chi connectivity index (χ0n) is 8.51. The van der Waals surface area contributed by atoms with Gasteiger partial charge >= 0.3 is 5.97 Å². The van der Waals surface area contributed by atoms with Crippen LogP contribution in [0.1, 0.15) is 11.5 Å². The van der Waals surface area contributed by atoms with Crippen molar-refractivity contribution in [3.05, 3.63) is 60.2 Å². The molecule has 0 heterocycles. The van der Waals surface area contributed by atoms with Gasteiger partial charge in [-0.15, -0.1) is 0 Å². The normalized spacial score (nSPS) is 27.9. The molecule has 1 aromatic rings. The lowest BCUT2D eigenvalue weighted by molar-refractivity contribution is -0.148. The van der Waals surface area contributed by atoms with Crippen molar-refractivity contribution in [2.75, 3.05) is 0 Å². The van der Waals surface area contributed by atoms with E-state index in [0.29, 0.717) is 5.56 Å². The number of hydrogen-bond acceptors (Lipinski definition) is 1. The van der Waals surface area contributed by atoms with Gasteiger partial charge in [0.05, 0.1) is 5.92 Å². The average Bonchev–Trinajstić information content (AvgIpc) is 2.30. The molecule has 0 bridgehead atoms. The summed E-state index contributed by atoms with van der Waals surface area (Å²) in [5.41, 5.74) is -1.69. The molecule has 1 aromatic carbocycles. The Morgan fingerprint density at radius 1 is 1.25 bits per heavy atom. The minimum atomic E-state index is -2.35. The van der Waals surface area contributed by atoms with Crippen molar-refractivity contribution in [1.29, 1.82) is 0 Å². The molecular formula is C13H11FO2. The molecule has 2 atom stereocenters. The van der Waals surface area contributed by atoms with Crippen molar-refractivity contribution in [2.45, 2.75) is 11.6 Å². The van der Waals surface area contributed by atoms with Gasteiger partial charge in [-0.3, -0.25) is 0 Å². The number of allylic oxidation sites excluding steroid dienone is 3. The Balaban J connectivity index is 2.44. The highest BCUT2D eigenvalue weighted by molar-refractivity contribution is 5.82. The first-order valence-corrected chi connectivity index (χ1v) is 4.98. The summed E-state index contributed by atoms with van der Waals surface area (Å²) < 4.78 is 14.3. The Bertz CT molecular complexity index is 450. The van der Waals surface area contributed by atoms with Crippen LogP contribution in [-0.4, -0.2) is 16.7 Å². The molecular weight excluding hydrogens is 207 g/mol. The third-order valence-electron chi connectivity index (χ3n) is 2.69. The highest BCUT2D eigenvalue weighted by Gasteiger charge is 2.44. The van der Waals surface area contributed by atoms with Crippen LogP contribution in [0, 0.1) is 0 Å². The molecule has 0 spiro atoms. The number of carbonyl (C=O) groups is 1. The Morgan fingerprint density at radius 3 is 2.56 bits per heavy atom. The first kappa shape index (κ1) is 10.6. The number of aliphatic carboxylic acids is 1. The lowest BCUT2D eigenvalue weighted by Crippen LogP contribution is -2.38. The van der Waals surface area contributed by atoms with E-state index >= 15 is 0 Å². The van der Waals surface area contributed by atoms with Crippen LogP contribution in [0.5, 0.6) is 0 Å². The van der Waals surface area contributed by atoms with Crippen molar-refractivity contribution >= 4 is 5.97 Å². The zero-order valence-corrected chi connectivity index (χ0v) is 8.51. The molecule has 1 aliphatic rings. The van der Waals surface area contributed by atoms with Crippen LogP contribution in [0.2, 0.25) is 0 Å². The maximum atomic E-state index is 14.3. The summed E-state index contributed by atoms with van der Waals surface area (Å²) in [6.45, 7) is 0. The van der Waals surface area contributed by atoms with Crippen LogP contribution in [0.4, 0.5) is 4.39 Å². The number of rotatable bonds is 2. The Labute approximate surface area is 92.7 Å². The largest absolute Gasteiger partial charge is 0.479 e. The molecule has 2 rings (SSSR count). The average molecular weight is 218 g/mol. The van der Waals surface area contributed by atoms with E-state index in [4.69, 9.17) is 5.11 Å². The first-order chi connectivity index (χ1) is 7.64. The van der Waals surface area contributed by atoms with E-state index in [1.165, 1.54) is 6.08 Å². The van der Waals surface area contributed by atoms with E-state index in [2.05, 4.69) is 0 Å². The molecule has 0 radical (unpaired) electrons. The number of benzene rings is 1. The molecule has 2 nitrogen and oxygen atoms in total. The molecule has 0 saturated heterocycles. The molecule has 1 aliphatic carbocycles. The number of carboxylic acids is 1. The summed E-state index contributed by atoms with van der Waals surface area (Å²) in [6.07, 6.45) is 5.75. The molecule has 82 valence electrons. The van der Waals surface area contributed by atoms with E-state index in [1.54, 1.807) is 36.4 Å². The fraction of sp³-hybridized carbons (Fsp3) is 0.154. The first-order valence-electron chi connectivity index (χ1n) is 4.98. The van der Waals surface area contributed by atoms with Gasteiger partial charge < -0.3 is 5.11 Å². The minimum absolute atomic E-state index is 0.660. The van der Waals surface area contributed by atoms with Gasteiger partial charge in [0.1, 0.15) is 0 Å². The fourth-order valence-electron chi connectivity index (χ4n) is 1.83. The maximum absolute atomic E-state index is 14.3. The molecule has 16 heavy (non-hydrogen) atoms. The predicted molar refractivity (Wildman–Crippen MR) is 58.9 cm³/mol. The van der Waals surface area contributed by atoms with E-state index in [1.807, 2.05) is 6.07 Å². The molecule has 0 aliphatic heterocycles. The number of carboxylic acid groups (broad SMARTS) is 1. The van der Waals surface area contributed by atoms with Crippen molar-refractivity contribution in [3.63, 3.8) is 0 Å². The van der Waals surface area contributed by atoms with Gasteiger partial charge in [-0.05, 0) is 11.6 Å². The van der Waals surface area contributed by atoms with E-state index in [9.17, 15) is 9.18 Å². The highest BCUT2D eigenvalue weighted by Crippen LogP contribution is 2.37. The summed E-state index contributed by atoms with van der Waals surface area (Å²) in [5, 5.41) is 8.97. The Kier molecular flexibility index (Phi) is 2.60. The SMILES string of the molecule is O=C(O)C1(F)C=CC=CC1c1ccccc1. The summed E-state index contributed by atoms with van der Waals surface area (Å²) in [7, 11) is 0. The quantitative estimate of drug-likeness (QED) is 0.828. The molecule has 0 fully saturated rings. The predicted octanol–water partition coefficient (Wildman–Crippen LogP) is 2.69. The van der Waals surface area contributed by atoms with E-state index < -0.39 is 17.6 Å². The topological polar surface area (TPSA) is 37.3 Å². The van der Waals surface area contributed by atoms with Gasteiger partial charge in [0.2, 0.25) is 5.67 Å². The second-order valence-electron chi connectivity index (χ2n) is 3.71. The third-order valence-corrected chi connectivity index (χ3v) is 2.69. The van der Waals surface area contributed by atoms with Crippen LogP contribution in [-0.2, 0) is 4.79 Å². The van der Waals surface area contributed by atoms with Gasteiger partial charge in [0.15, 0.2) is 0 Å².